The Bertz CT molecular complexity index is 861. The number of hydrogen-bond donors (Lipinski definition) is 0. The molecule has 1 saturated heterocycles. The first-order valence-corrected chi connectivity index (χ1v) is 8.65. The van der Waals surface area contributed by atoms with E-state index in [0.29, 0.717) is 25.4 Å². The molecule has 0 radical (unpaired) electrons. The van der Waals surface area contributed by atoms with E-state index in [0.717, 1.165) is 6.42 Å². The average Bonchev–Trinajstić information content (AvgIpc) is 2.73. The molecule has 2 heterocycles. The van der Waals surface area contributed by atoms with Crippen LogP contribution in [0, 0.1) is 10.1 Å². The molecule has 0 aliphatic carbocycles. The van der Waals surface area contributed by atoms with Crippen LogP contribution in [0.4, 0.5) is 5.69 Å². The highest BCUT2D eigenvalue weighted by atomic mass is 16.6. The lowest BCUT2D eigenvalue weighted by Crippen LogP contribution is -2.44. The van der Waals surface area contributed by atoms with Gasteiger partial charge >= 0.3 is 0 Å². The van der Waals surface area contributed by atoms with Crippen LogP contribution in [0.15, 0.2) is 30.7 Å². The van der Waals surface area contributed by atoms with Crippen LogP contribution in [0.5, 0.6) is 17.4 Å². The summed E-state index contributed by atoms with van der Waals surface area (Å²) in [5, 5.41) is 11.5. The van der Waals surface area contributed by atoms with E-state index >= 15 is 0 Å². The van der Waals surface area contributed by atoms with Crippen LogP contribution in [0.25, 0.3) is 0 Å². The number of rotatable bonds is 6. The lowest BCUT2D eigenvalue weighted by atomic mass is 10.1. The van der Waals surface area contributed by atoms with Gasteiger partial charge in [0, 0.05) is 25.0 Å². The minimum absolute atomic E-state index is 0.0530. The number of aromatic nitrogens is 2. The van der Waals surface area contributed by atoms with Crippen molar-refractivity contribution in [1.82, 2.24) is 14.9 Å². The molecule has 10 heteroatoms. The third-order valence-corrected chi connectivity index (χ3v) is 4.42. The van der Waals surface area contributed by atoms with Gasteiger partial charge in [-0.05, 0) is 12.8 Å². The van der Waals surface area contributed by atoms with Gasteiger partial charge in [-0.2, -0.15) is 0 Å². The van der Waals surface area contributed by atoms with Crippen molar-refractivity contribution in [2.45, 2.75) is 18.9 Å². The van der Waals surface area contributed by atoms with E-state index in [2.05, 4.69) is 9.97 Å². The van der Waals surface area contributed by atoms with Gasteiger partial charge in [0.05, 0.1) is 38.0 Å². The number of likely N-dealkylation sites (tertiary alicyclic amines) is 1. The molecule has 0 spiro atoms. The number of carbonyl (C=O) groups is 1. The quantitative estimate of drug-likeness (QED) is 0.545. The Morgan fingerprint density at radius 1 is 1.25 bits per heavy atom. The Morgan fingerprint density at radius 2 is 2.00 bits per heavy atom. The second-order valence-corrected chi connectivity index (χ2v) is 6.16. The fraction of sp³-hybridized carbons (Fsp3) is 0.389. The summed E-state index contributed by atoms with van der Waals surface area (Å²) in [5.74, 6) is 0.355. The first-order valence-electron chi connectivity index (χ1n) is 8.65. The largest absolute Gasteiger partial charge is 0.493 e. The molecule has 1 aliphatic rings. The second kappa shape index (κ2) is 8.51. The van der Waals surface area contributed by atoms with Gasteiger partial charge in [-0.15, -0.1) is 0 Å². The zero-order valence-corrected chi connectivity index (χ0v) is 15.5. The lowest BCUT2D eigenvalue weighted by Gasteiger charge is -2.32. The Kier molecular flexibility index (Phi) is 5.87. The third kappa shape index (κ3) is 4.11. The average molecular weight is 388 g/mol. The maximum absolute atomic E-state index is 13.0. The van der Waals surface area contributed by atoms with E-state index in [4.69, 9.17) is 14.2 Å². The zero-order chi connectivity index (χ0) is 20.1. The molecule has 148 valence electrons. The molecule has 1 atom stereocenters. The molecule has 1 aromatic carbocycles. The highest BCUT2D eigenvalue weighted by molar-refractivity contribution is 5.99. The van der Waals surface area contributed by atoms with E-state index in [1.807, 2.05) is 0 Å². The van der Waals surface area contributed by atoms with Gasteiger partial charge in [0.2, 0.25) is 5.88 Å². The van der Waals surface area contributed by atoms with Gasteiger partial charge in [-0.25, -0.2) is 4.98 Å². The minimum Gasteiger partial charge on any atom is -0.493 e. The number of benzene rings is 1. The van der Waals surface area contributed by atoms with Crippen molar-refractivity contribution in [3.63, 3.8) is 0 Å². The standard InChI is InChI=1S/C18H20N4O6/c1-26-15-8-13(14(22(24)25)9-16(15)27-2)18(23)21-7-3-4-12(11-21)28-17-10-19-5-6-20-17/h5-6,8-10,12H,3-4,7,11H2,1-2H3. The molecule has 10 nitrogen and oxygen atoms in total. The van der Waals surface area contributed by atoms with Crippen molar-refractivity contribution in [2.24, 2.45) is 0 Å². The first kappa shape index (κ1) is 19.3. The first-order chi connectivity index (χ1) is 13.5. The monoisotopic (exact) mass is 388 g/mol. The molecule has 28 heavy (non-hydrogen) atoms. The van der Waals surface area contributed by atoms with Crippen molar-refractivity contribution >= 4 is 11.6 Å². The third-order valence-electron chi connectivity index (χ3n) is 4.42. The molecule has 0 saturated carbocycles. The minimum atomic E-state index is -0.604. The van der Waals surface area contributed by atoms with Crippen molar-refractivity contribution in [3.8, 4) is 17.4 Å². The van der Waals surface area contributed by atoms with E-state index in [9.17, 15) is 14.9 Å². The summed E-state index contributed by atoms with van der Waals surface area (Å²) in [6.07, 6.45) is 5.74. The Morgan fingerprint density at radius 3 is 2.64 bits per heavy atom. The molecule has 1 aliphatic heterocycles. The zero-order valence-electron chi connectivity index (χ0n) is 15.5. The van der Waals surface area contributed by atoms with Crippen LogP contribution in [-0.2, 0) is 0 Å². The van der Waals surface area contributed by atoms with Gasteiger partial charge in [0.1, 0.15) is 11.7 Å². The molecule has 1 unspecified atom stereocenters. The predicted octanol–water partition coefficient (Wildman–Crippen LogP) is 2.09. The molecule has 0 bridgehead atoms. The highest BCUT2D eigenvalue weighted by Crippen LogP contribution is 2.35. The van der Waals surface area contributed by atoms with Crippen LogP contribution in [0.1, 0.15) is 23.2 Å². The van der Waals surface area contributed by atoms with Crippen LogP contribution >= 0.6 is 0 Å². The fourth-order valence-corrected chi connectivity index (χ4v) is 3.10. The second-order valence-electron chi connectivity index (χ2n) is 6.16. The molecule has 0 N–H and O–H groups in total. The Hall–Kier alpha value is -3.43. The molecular formula is C18H20N4O6. The van der Waals surface area contributed by atoms with Crippen molar-refractivity contribution in [3.05, 3.63) is 46.4 Å². The molecule has 3 rings (SSSR count). The van der Waals surface area contributed by atoms with Gasteiger partial charge in [0.15, 0.2) is 11.5 Å². The number of piperidine rings is 1. The SMILES string of the molecule is COc1cc(C(=O)N2CCCC(Oc3cnccn3)C2)c([N+](=O)[O-])cc1OC. The van der Waals surface area contributed by atoms with Crippen molar-refractivity contribution < 1.29 is 23.9 Å². The van der Waals surface area contributed by atoms with Crippen LogP contribution in [0.2, 0.25) is 0 Å². The summed E-state index contributed by atoms with van der Waals surface area (Å²) >= 11 is 0. The van der Waals surface area contributed by atoms with Gasteiger partial charge in [-0.1, -0.05) is 0 Å². The van der Waals surface area contributed by atoms with E-state index in [1.165, 1.54) is 38.7 Å². The van der Waals surface area contributed by atoms with Crippen LogP contribution < -0.4 is 14.2 Å². The number of nitrogens with zero attached hydrogens (tertiary/aromatic N) is 4. The lowest BCUT2D eigenvalue weighted by molar-refractivity contribution is -0.385. The number of hydrogen-bond acceptors (Lipinski definition) is 8. The number of nitro benzene ring substituents is 1. The van der Waals surface area contributed by atoms with E-state index < -0.39 is 10.8 Å². The summed E-state index contributed by atoms with van der Waals surface area (Å²) < 4.78 is 16.1. The summed E-state index contributed by atoms with van der Waals surface area (Å²) in [4.78, 5) is 33.5. The van der Waals surface area contributed by atoms with Crippen molar-refractivity contribution in [1.29, 1.82) is 0 Å². The maximum atomic E-state index is 13.0. The Balaban J connectivity index is 1.83. The van der Waals surface area contributed by atoms with Gasteiger partial charge in [0.25, 0.3) is 11.6 Å². The number of nitro groups is 1. The van der Waals surface area contributed by atoms with Crippen molar-refractivity contribution in [2.75, 3.05) is 27.3 Å². The topological polar surface area (TPSA) is 117 Å². The number of ether oxygens (including phenoxy) is 3. The fourth-order valence-electron chi connectivity index (χ4n) is 3.10. The van der Waals surface area contributed by atoms with E-state index in [-0.39, 0.29) is 28.9 Å². The normalized spacial score (nSPS) is 16.4. The van der Waals surface area contributed by atoms with Gasteiger partial charge < -0.3 is 19.1 Å². The van der Waals surface area contributed by atoms with Crippen LogP contribution in [-0.4, -0.2) is 59.1 Å². The molecule has 1 fully saturated rings. The maximum Gasteiger partial charge on any atom is 0.286 e. The van der Waals surface area contributed by atoms with E-state index in [1.54, 1.807) is 11.1 Å². The molecule has 1 amide bonds. The van der Waals surface area contributed by atoms with Gasteiger partial charge in [-0.3, -0.25) is 19.9 Å². The number of amides is 1. The number of methoxy groups -OCH3 is 2. The summed E-state index contributed by atoms with van der Waals surface area (Å²) in [6, 6.07) is 2.54. The molecule has 2 aromatic rings. The summed E-state index contributed by atoms with van der Waals surface area (Å²) in [6.45, 7) is 0.769. The Labute approximate surface area is 161 Å². The molecule has 1 aromatic heterocycles. The molecular weight excluding hydrogens is 368 g/mol. The summed E-state index contributed by atoms with van der Waals surface area (Å²) in [7, 11) is 2.78. The smallest absolute Gasteiger partial charge is 0.286 e. The summed E-state index contributed by atoms with van der Waals surface area (Å²) in [5.41, 5.74) is -0.387. The predicted molar refractivity (Wildman–Crippen MR) is 97.8 cm³/mol. The van der Waals surface area contributed by atoms with Crippen LogP contribution in [0.3, 0.4) is 0 Å². The number of carbonyl (C=O) groups excluding carboxylic acids is 1. The highest BCUT2D eigenvalue weighted by Gasteiger charge is 2.31.